The molecule has 1 saturated carbocycles. The van der Waals surface area contributed by atoms with E-state index in [1.54, 1.807) is 42.7 Å². The molecular weight excluding hydrogens is 362 g/mol. The molecule has 3 aromatic heterocycles. The highest BCUT2D eigenvalue weighted by atomic mass is 32.2. The number of hydrogen-bond donors (Lipinski definition) is 2. The molecular formula is C19H19N5O2S. The second kappa shape index (κ2) is 5.90. The van der Waals surface area contributed by atoms with Crippen molar-refractivity contribution in [1.82, 2.24) is 19.5 Å². The van der Waals surface area contributed by atoms with Crippen LogP contribution in [0.5, 0.6) is 0 Å². The summed E-state index contributed by atoms with van der Waals surface area (Å²) < 4.78 is 28.7. The molecule has 0 spiro atoms. The summed E-state index contributed by atoms with van der Waals surface area (Å²) in [4.78, 5) is 12.2. The minimum Gasteiger partial charge on any atom is -0.346 e. The first kappa shape index (κ1) is 16.5. The van der Waals surface area contributed by atoms with Gasteiger partial charge < -0.3 is 15.3 Å². The van der Waals surface area contributed by atoms with E-state index in [9.17, 15) is 8.42 Å². The van der Waals surface area contributed by atoms with Gasteiger partial charge in [-0.1, -0.05) is 18.2 Å². The predicted octanol–water partition coefficient (Wildman–Crippen LogP) is 2.80. The smallest absolute Gasteiger partial charge is 0.240 e. The number of sulfone groups is 1. The summed E-state index contributed by atoms with van der Waals surface area (Å²) in [7, 11) is -3.77. The maximum Gasteiger partial charge on any atom is 0.240 e. The third-order valence-electron chi connectivity index (χ3n) is 5.31. The van der Waals surface area contributed by atoms with Gasteiger partial charge >= 0.3 is 0 Å². The van der Waals surface area contributed by atoms with Crippen molar-refractivity contribution in [2.45, 2.75) is 41.4 Å². The maximum absolute atomic E-state index is 13.4. The third kappa shape index (κ3) is 2.48. The zero-order chi connectivity index (χ0) is 18.6. The largest absolute Gasteiger partial charge is 0.346 e. The number of fused-ring (bicyclic) bond motifs is 3. The number of aromatic nitrogens is 4. The van der Waals surface area contributed by atoms with Gasteiger partial charge in [0.05, 0.1) is 16.6 Å². The Labute approximate surface area is 156 Å². The Hall–Kier alpha value is -2.71. The van der Waals surface area contributed by atoms with Crippen molar-refractivity contribution in [2.75, 3.05) is 0 Å². The molecule has 5 rings (SSSR count). The van der Waals surface area contributed by atoms with Crippen molar-refractivity contribution < 1.29 is 8.42 Å². The lowest BCUT2D eigenvalue weighted by Crippen LogP contribution is -2.18. The molecule has 1 fully saturated rings. The fraction of sp³-hybridized carbons (Fsp3) is 0.263. The van der Waals surface area contributed by atoms with Crippen LogP contribution in [-0.4, -0.2) is 34.0 Å². The van der Waals surface area contributed by atoms with Gasteiger partial charge in [0.25, 0.3) is 0 Å². The summed E-state index contributed by atoms with van der Waals surface area (Å²) in [6, 6.07) is 10.4. The summed E-state index contributed by atoms with van der Waals surface area (Å²) in [5, 5.41) is 0.938. The molecule has 8 heteroatoms. The number of nitrogens with zero attached hydrogens (tertiary/aromatic N) is 3. The van der Waals surface area contributed by atoms with Crippen molar-refractivity contribution in [3.63, 3.8) is 0 Å². The first-order valence-electron chi connectivity index (χ1n) is 8.95. The van der Waals surface area contributed by atoms with Crippen molar-refractivity contribution in [2.24, 2.45) is 5.73 Å². The van der Waals surface area contributed by atoms with Gasteiger partial charge in [0, 0.05) is 23.7 Å². The van der Waals surface area contributed by atoms with Gasteiger partial charge in [-0.25, -0.2) is 18.4 Å². The molecule has 1 aromatic carbocycles. The second-order valence-corrected chi connectivity index (χ2v) is 8.88. The van der Waals surface area contributed by atoms with Crippen LogP contribution >= 0.6 is 0 Å². The number of nitrogens with two attached hydrogens (primary N) is 1. The van der Waals surface area contributed by atoms with Crippen LogP contribution in [0.1, 0.15) is 25.3 Å². The Morgan fingerprint density at radius 1 is 1.15 bits per heavy atom. The van der Waals surface area contributed by atoms with Crippen LogP contribution in [0.2, 0.25) is 0 Å². The number of benzene rings is 1. The first-order valence-corrected chi connectivity index (χ1v) is 10.4. The Morgan fingerprint density at radius 3 is 2.70 bits per heavy atom. The van der Waals surface area contributed by atoms with E-state index in [4.69, 9.17) is 5.73 Å². The van der Waals surface area contributed by atoms with Crippen LogP contribution in [0.25, 0.3) is 22.1 Å². The SMILES string of the molecule is NC1CCC(n2c(S(=O)(=O)c3ccccc3)nc3cnc4[nH]ccc4c32)C1. The molecule has 0 radical (unpaired) electrons. The van der Waals surface area contributed by atoms with Gasteiger partial charge in [-0.3, -0.25) is 0 Å². The highest BCUT2D eigenvalue weighted by Crippen LogP contribution is 2.37. The predicted molar refractivity (Wildman–Crippen MR) is 102 cm³/mol. The first-order chi connectivity index (χ1) is 13.1. The van der Waals surface area contributed by atoms with Gasteiger partial charge in [0.2, 0.25) is 15.0 Å². The Balaban J connectivity index is 1.84. The van der Waals surface area contributed by atoms with E-state index < -0.39 is 9.84 Å². The monoisotopic (exact) mass is 381 g/mol. The number of rotatable bonds is 3. The summed E-state index contributed by atoms with van der Waals surface area (Å²) in [5.74, 6) is 0. The number of H-pyrrole nitrogens is 1. The molecule has 7 nitrogen and oxygen atoms in total. The standard InChI is InChI=1S/C19H19N5O2S/c20-12-6-7-13(10-12)24-17-15-8-9-21-18(15)22-11-16(17)23-19(24)27(25,26)14-4-2-1-3-5-14/h1-5,8-9,11-13H,6-7,10,20H2,(H,21,22). The maximum atomic E-state index is 13.4. The second-order valence-electron chi connectivity index (χ2n) is 7.04. The normalized spacial score (nSPS) is 20.6. The van der Waals surface area contributed by atoms with E-state index in [1.165, 1.54) is 0 Å². The molecule has 3 heterocycles. The minimum absolute atomic E-state index is 0.000938. The van der Waals surface area contributed by atoms with Crippen LogP contribution in [0.15, 0.2) is 58.8 Å². The van der Waals surface area contributed by atoms with E-state index in [0.717, 1.165) is 35.8 Å². The molecule has 0 bridgehead atoms. The Kier molecular flexibility index (Phi) is 3.60. The third-order valence-corrected chi connectivity index (χ3v) is 6.97. The molecule has 138 valence electrons. The highest BCUT2D eigenvalue weighted by Gasteiger charge is 2.33. The molecule has 2 unspecified atom stereocenters. The molecule has 0 saturated heterocycles. The molecule has 1 aliphatic carbocycles. The molecule has 0 amide bonds. The van der Waals surface area contributed by atoms with E-state index in [-0.39, 0.29) is 22.1 Å². The summed E-state index contributed by atoms with van der Waals surface area (Å²) in [5.41, 5.74) is 8.24. The van der Waals surface area contributed by atoms with E-state index in [1.807, 2.05) is 10.6 Å². The number of nitrogens with one attached hydrogen (secondary N) is 1. The molecule has 2 atom stereocenters. The summed E-state index contributed by atoms with van der Waals surface area (Å²) in [6.07, 6.45) is 5.87. The molecule has 4 aromatic rings. The average Bonchev–Trinajstić information content (AvgIpc) is 3.38. The van der Waals surface area contributed by atoms with Gasteiger partial charge in [-0.2, -0.15) is 0 Å². The fourth-order valence-electron chi connectivity index (χ4n) is 4.03. The van der Waals surface area contributed by atoms with Crippen LogP contribution < -0.4 is 5.73 Å². The lowest BCUT2D eigenvalue weighted by molar-refractivity contribution is 0.475. The summed E-state index contributed by atoms with van der Waals surface area (Å²) >= 11 is 0. The van der Waals surface area contributed by atoms with Crippen molar-refractivity contribution in [1.29, 1.82) is 0 Å². The Bertz CT molecular complexity index is 1240. The Morgan fingerprint density at radius 2 is 1.96 bits per heavy atom. The van der Waals surface area contributed by atoms with Crippen molar-refractivity contribution in [3.05, 3.63) is 48.8 Å². The van der Waals surface area contributed by atoms with E-state index >= 15 is 0 Å². The minimum atomic E-state index is -3.77. The van der Waals surface area contributed by atoms with Crippen molar-refractivity contribution >= 4 is 31.9 Å². The van der Waals surface area contributed by atoms with Gasteiger partial charge in [0.1, 0.15) is 11.2 Å². The van der Waals surface area contributed by atoms with Crippen molar-refractivity contribution in [3.8, 4) is 0 Å². The quantitative estimate of drug-likeness (QED) is 0.567. The number of pyridine rings is 1. The average molecular weight is 381 g/mol. The van der Waals surface area contributed by atoms with Gasteiger partial charge in [0.15, 0.2) is 0 Å². The number of aromatic amines is 1. The molecule has 1 aliphatic rings. The fourth-order valence-corrected chi connectivity index (χ4v) is 5.47. The molecule has 3 N–H and O–H groups in total. The lowest BCUT2D eigenvalue weighted by atomic mass is 10.2. The van der Waals surface area contributed by atoms with Crippen LogP contribution in [-0.2, 0) is 9.84 Å². The highest BCUT2D eigenvalue weighted by molar-refractivity contribution is 7.91. The van der Waals surface area contributed by atoms with Crippen LogP contribution in [0.3, 0.4) is 0 Å². The number of imidazole rings is 1. The molecule has 0 aliphatic heterocycles. The molecule has 27 heavy (non-hydrogen) atoms. The van der Waals surface area contributed by atoms with Crippen LogP contribution in [0.4, 0.5) is 0 Å². The lowest BCUT2D eigenvalue weighted by Gasteiger charge is -2.17. The summed E-state index contributed by atoms with van der Waals surface area (Å²) in [6.45, 7) is 0. The van der Waals surface area contributed by atoms with Gasteiger partial charge in [-0.15, -0.1) is 0 Å². The van der Waals surface area contributed by atoms with Gasteiger partial charge in [-0.05, 0) is 37.5 Å². The zero-order valence-electron chi connectivity index (χ0n) is 14.5. The topological polar surface area (TPSA) is 107 Å². The van der Waals surface area contributed by atoms with E-state index in [0.29, 0.717) is 5.52 Å². The number of hydrogen-bond acceptors (Lipinski definition) is 5. The zero-order valence-corrected chi connectivity index (χ0v) is 15.4. The van der Waals surface area contributed by atoms with Crippen LogP contribution in [0, 0.1) is 0 Å². The van der Waals surface area contributed by atoms with E-state index in [2.05, 4.69) is 15.0 Å².